The molecule has 0 aliphatic carbocycles. The Balaban J connectivity index is 1.78. The molecule has 146 valence electrons. The van der Waals surface area contributed by atoms with Gasteiger partial charge in [0, 0.05) is 30.9 Å². The van der Waals surface area contributed by atoms with Gasteiger partial charge in [-0.2, -0.15) is 0 Å². The minimum absolute atomic E-state index is 0.663. The summed E-state index contributed by atoms with van der Waals surface area (Å²) in [5, 5.41) is 0. The van der Waals surface area contributed by atoms with Gasteiger partial charge in [0.2, 0.25) is 0 Å². The molecule has 2 heteroatoms. The molecular formula is C28H24N2. The Kier molecular flexibility index (Phi) is 4.68. The molecule has 0 amide bonds. The van der Waals surface area contributed by atoms with Gasteiger partial charge >= 0.3 is 0 Å². The topological polar surface area (TPSA) is 15.6 Å². The van der Waals surface area contributed by atoms with Crippen molar-refractivity contribution in [2.45, 2.75) is 6.54 Å². The molecule has 4 aromatic carbocycles. The van der Waals surface area contributed by atoms with Crippen LogP contribution in [0.5, 0.6) is 0 Å². The molecule has 0 saturated carbocycles. The van der Waals surface area contributed by atoms with Crippen LogP contribution in [-0.2, 0) is 6.54 Å². The summed E-state index contributed by atoms with van der Waals surface area (Å²) in [6.45, 7) is 0.663. The van der Waals surface area contributed by atoms with E-state index in [9.17, 15) is 0 Å². The highest BCUT2D eigenvalue weighted by atomic mass is 15.1. The summed E-state index contributed by atoms with van der Waals surface area (Å²) in [6, 6.07) is 34.5. The lowest BCUT2D eigenvalue weighted by atomic mass is 9.88. The van der Waals surface area contributed by atoms with Crippen LogP contribution in [0.25, 0.3) is 22.3 Å². The van der Waals surface area contributed by atoms with Crippen LogP contribution in [-0.4, -0.2) is 19.8 Å². The zero-order valence-corrected chi connectivity index (χ0v) is 17.3. The summed E-state index contributed by atoms with van der Waals surface area (Å²) in [7, 11) is 4.17. The summed E-state index contributed by atoms with van der Waals surface area (Å²) in [4.78, 5) is 7.31. The summed E-state index contributed by atoms with van der Waals surface area (Å²) >= 11 is 0. The van der Waals surface area contributed by atoms with Gasteiger partial charge in [-0.25, -0.2) is 0 Å². The number of anilines is 1. The molecule has 0 N–H and O–H groups in total. The molecule has 0 radical (unpaired) electrons. The molecule has 4 aromatic rings. The van der Waals surface area contributed by atoms with Crippen molar-refractivity contribution in [3.8, 4) is 22.3 Å². The molecule has 0 spiro atoms. The second-order valence-electron chi connectivity index (χ2n) is 7.85. The molecule has 0 saturated heterocycles. The fourth-order valence-corrected chi connectivity index (χ4v) is 4.22. The molecule has 0 bridgehead atoms. The van der Waals surface area contributed by atoms with Crippen LogP contribution in [0.3, 0.4) is 0 Å². The second-order valence-corrected chi connectivity index (χ2v) is 7.85. The molecule has 0 aromatic heterocycles. The Morgan fingerprint density at radius 1 is 0.600 bits per heavy atom. The lowest BCUT2D eigenvalue weighted by Crippen LogP contribution is -2.11. The van der Waals surface area contributed by atoms with E-state index in [1.165, 1.54) is 39.1 Å². The Morgan fingerprint density at radius 2 is 1.27 bits per heavy atom. The standard InChI is InChI=1S/C28H24N2/c1-30(2)22-16-17-25-24-15-9-14-23(20-10-5-3-6-11-20)27(24)19-29-28(26(25)18-22)21-12-7-4-8-13-21/h3-18H,19H2,1-2H3. The first-order chi connectivity index (χ1) is 14.7. The minimum atomic E-state index is 0.663. The highest BCUT2D eigenvalue weighted by Gasteiger charge is 2.21. The second kappa shape index (κ2) is 7.64. The van der Waals surface area contributed by atoms with E-state index in [-0.39, 0.29) is 0 Å². The Bertz CT molecular complexity index is 1220. The summed E-state index contributed by atoms with van der Waals surface area (Å²) in [5.74, 6) is 0. The summed E-state index contributed by atoms with van der Waals surface area (Å²) < 4.78 is 0. The predicted octanol–water partition coefficient (Wildman–Crippen LogP) is 6.44. The summed E-state index contributed by atoms with van der Waals surface area (Å²) in [6.07, 6.45) is 0. The Morgan fingerprint density at radius 3 is 1.97 bits per heavy atom. The van der Waals surface area contributed by atoms with Gasteiger partial charge in [-0.3, -0.25) is 4.99 Å². The number of nitrogens with zero attached hydrogens (tertiary/aromatic N) is 2. The molecular weight excluding hydrogens is 364 g/mol. The van der Waals surface area contributed by atoms with E-state index in [2.05, 4.69) is 116 Å². The maximum absolute atomic E-state index is 5.16. The van der Waals surface area contributed by atoms with Crippen molar-refractivity contribution in [2.24, 2.45) is 4.99 Å². The fraction of sp³-hybridized carbons (Fsp3) is 0.107. The first kappa shape index (κ1) is 18.4. The van der Waals surface area contributed by atoms with E-state index in [0.717, 1.165) is 11.3 Å². The average Bonchev–Trinajstić information content (AvgIpc) is 2.96. The number of aliphatic imine (C=N–C) groups is 1. The molecule has 1 aliphatic heterocycles. The van der Waals surface area contributed by atoms with E-state index in [1.807, 2.05) is 0 Å². The average molecular weight is 389 g/mol. The molecule has 2 nitrogen and oxygen atoms in total. The highest BCUT2D eigenvalue weighted by molar-refractivity contribution is 6.17. The van der Waals surface area contributed by atoms with Gasteiger partial charge in [-0.1, -0.05) is 84.9 Å². The molecule has 30 heavy (non-hydrogen) atoms. The van der Waals surface area contributed by atoms with E-state index < -0.39 is 0 Å². The highest BCUT2D eigenvalue weighted by Crippen LogP contribution is 2.38. The van der Waals surface area contributed by atoms with Crippen molar-refractivity contribution in [3.05, 3.63) is 114 Å². The third-order valence-electron chi connectivity index (χ3n) is 5.77. The van der Waals surface area contributed by atoms with Crippen molar-refractivity contribution >= 4 is 11.4 Å². The molecule has 0 atom stereocenters. The monoisotopic (exact) mass is 388 g/mol. The SMILES string of the molecule is CN(C)c1ccc2c(c1)C(c1ccccc1)=NCc1c(-c3ccccc3)cccc1-2. The van der Waals surface area contributed by atoms with Crippen molar-refractivity contribution in [2.75, 3.05) is 19.0 Å². The molecule has 1 aliphatic rings. The van der Waals surface area contributed by atoms with Gasteiger partial charge in [0.15, 0.2) is 0 Å². The smallest absolute Gasteiger partial charge is 0.0730 e. The Hall–Kier alpha value is -3.65. The molecule has 1 heterocycles. The van der Waals surface area contributed by atoms with Crippen molar-refractivity contribution in [3.63, 3.8) is 0 Å². The van der Waals surface area contributed by atoms with Gasteiger partial charge in [0.05, 0.1) is 12.3 Å². The zero-order chi connectivity index (χ0) is 20.5. The normalized spacial score (nSPS) is 12.4. The largest absolute Gasteiger partial charge is 0.378 e. The molecule has 0 fully saturated rings. The lowest BCUT2D eigenvalue weighted by Gasteiger charge is -2.18. The number of fused-ring (bicyclic) bond motifs is 3. The van der Waals surface area contributed by atoms with Crippen LogP contribution in [0.2, 0.25) is 0 Å². The van der Waals surface area contributed by atoms with Crippen LogP contribution < -0.4 is 4.90 Å². The van der Waals surface area contributed by atoms with Crippen molar-refractivity contribution < 1.29 is 0 Å². The number of hydrogen-bond donors (Lipinski definition) is 0. The first-order valence-electron chi connectivity index (χ1n) is 10.3. The van der Waals surface area contributed by atoms with Crippen LogP contribution in [0, 0.1) is 0 Å². The number of benzene rings is 4. The van der Waals surface area contributed by atoms with Crippen LogP contribution >= 0.6 is 0 Å². The van der Waals surface area contributed by atoms with Crippen molar-refractivity contribution in [1.82, 2.24) is 0 Å². The van der Waals surface area contributed by atoms with Crippen LogP contribution in [0.1, 0.15) is 16.7 Å². The van der Waals surface area contributed by atoms with Gasteiger partial charge < -0.3 is 4.90 Å². The van der Waals surface area contributed by atoms with Gasteiger partial charge in [-0.05, 0) is 39.9 Å². The third kappa shape index (κ3) is 3.21. The maximum Gasteiger partial charge on any atom is 0.0730 e. The minimum Gasteiger partial charge on any atom is -0.378 e. The molecule has 0 unspecified atom stereocenters. The van der Waals surface area contributed by atoms with E-state index in [4.69, 9.17) is 4.99 Å². The summed E-state index contributed by atoms with van der Waals surface area (Å²) in [5.41, 5.74) is 10.9. The molecule has 5 rings (SSSR count). The number of rotatable bonds is 3. The van der Waals surface area contributed by atoms with Gasteiger partial charge in [-0.15, -0.1) is 0 Å². The van der Waals surface area contributed by atoms with Gasteiger partial charge in [0.1, 0.15) is 0 Å². The third-order valence-corrected chi connectivity index (χ3v) is 5.77. The van der Waals surface area contributed by atoms with E-state index >= 15 is 0 Å². The maximum atomic E-state index is 5.16. The first-order valence-corrected chi connectivity index (χ1v) is 10.3. The lowest BCUT2D eigenvalue weighted by molar-refractivity contribution is 1.08. The van der Waals surface area contributed by atoms with Crippen molar-refractivity contribution in [1.29, 1.82) is 0 Å². The van der Waals surface area contributed by atoms with Crippen LogP contribution in [0.15, 0.2) is 102 Å². The van der Waals surface area contributed by atoms with E-state index in [0.29, 0.717) is 6.54 Å². The van der Waals surface area contributed by atoms with Gasteiger partial charge in [0.25, 0.3) is 0 Å². The zero-order valence-electron chi connectivity index (χ0n) is 17.3. The Labute approximate surface area is 178 Å². The fourth-order valence-electron chi connectivity index (χ4n) is 4.22. The van der Waals surface area contributed by atoms with E-state index in [1.54, 1.807) is 0 Å². The predicted molar refractivity (Wildman–Crippen MR) is 127 cm³/mol. The number of hydrogen-bond acceptors (Lipinski definition) is 2. The van der Waals surface area contributed by atoms with Crippen LogP contribution in [0.4, 0.5) is 5.69 Å². The quantitative estimate of drug-likeness (QED) is 0.394.